The van der Waals surface area contributed by atoms with Crippen molar-refractivity contribution in [3.63, 3.8) is 0 Å². The molecule has 4 rings (SSSR count). The molecule has 5 heteroatoms. The molecule has 1 saturated heterocycles. The summed E-state index contributed by atoms with van der Waals surface area (Å²) in [5, 5.41) is 2.24. The Kier molecular flexibility index (Phi) is 6.60. The molecule has 1 aliphatic heterocycles. The van der Waals surface area contributed by atoms with Crippen LogP contribution in [0.4, 0.5) is 5.69 Å². The van der Waals surface area contributed by atoms with E-state index in [-0.39, 0.29) is 0 Å². The van der Waals surface area contributed by atoms with Crippen molar-refractivity contribution in [2.75, 3.05) is 32.8 Å². The second-order valence-electron chi connectivity index (χ2n) is 7.73. The Morgan fingerprint density at radius 3 is 2.38 bits per heavy atom. The first-order chi connectivity index (χ1) is 14.2. The van der Waals surface area contributed by atoms with Gasteiger partial charge >= 0.3 is 0 Å². The zero-order valence-corrected chi connectivity index (χ0v) is 18.1. The molecule has 4 nitrogen and oxygen atoms in total. The van der Waals surface area contributed by atoms with E-state index < -0.39 is 0 Å². The van der Waals surface area contributed by atoms with Gasteiger partial charge in [0.15, 0.2) is 4.80 Å². The molecule has 2 heterocycles. The Balaban J connectivity index is 1.67. The van der Waals surface area contributed by atoms with Crippen molar-refractivity contribution >= 4 is 17.0 Å². The lowest BCUT2D eigenvalue weighted by Crippen LogP contribution is -2.39. The Morgan fingerprint density at radius 1 is 0.966 bits per heavy atom. The van der Waals surface area contributed by atoms with Crippen LogP contribution in [0.1, 0.15) is 25.3 Å². The Morgan fingerprint density at radius 2 is 1.69 bits per heavy atom. The predicted molar refractivity (Wildman–Crippen MR) is 121 cm³/mol. The SMILES string of the molecule is CC(C)c1ccc(-c2csc(=Nc3ccccc3)n2CCN2CCOCC2)cc1. The van der Waals surface area contributed by atoms with E-state index in [0.29, 0.717) is 5.92 Å². The lowest BCUT2D eigenvalue weighted by molar-refractivity contribution is 0.0363. The van der Waals surface area contributed by atoms with Crippen LogP contribution in [0.2, 0.25) is 0 Å². The van der Waals surface area contributed by atoms with E-state index in [0.717, 1.165) is 49.9 Å². The van der Waals surface area contributed by atoms with Gasteiger partial charge in [0, 0.05) is 31.6 Å². The Labute approximate surface area is 177 Å². The Bertz CT molecular complexity index is 967. The monoisotopic (exact) mass is 407 g/mol. The van der Waals surface area contributed by atoms with E-state index >= 15 is 0 Å². The van der Waals surface area contributed by atoms with Crippen molar-refractivity contribution in [2.24, 2.45) is 4.99 Å². The van der Waals surface area contributed by atoms with Gasteiger partial charge in [-0.3, -0.25) is 4.90 Å². The fraction of sp³-hybridized carbons (Fsp3) is 0.375. The zero-order valence-electron chi connectivity index (χ0n) is 17.3. The molecular weight excluding hydrogens is 378 g/mol. The summed E-state index contributed by atoms with van der Waals surface area (Å²) in [5.74, 6) is 0.545. The van der Waals surface area contributed by atoms with Gasteiger partial charge in [-0.05, 0) is 29.2 Å². The molecule has 0 unspecified atom stereocenters. The highest BCUT2D eigenvalue weighted by Crippen LogP contribution is 2.24. The fourth-order valence-electron chi connectivity index (χ4n) is 3.58. The van der Waals surface area contributed by atoms with Gasteiger partial charge in [-0.25, -0.2) is 4.99 Å². The Hall–Kier alpha value is -2.21. The van der Waals surface area contributed by atoms with Crippen molar-refractivity contribution in [1.82, 2.24) is 9.47 Å². The number of nitrogens with zero attached hydrogens (tertiary/aromatic N) is 3. The van der Waals surface area contributed by atoms with E-state index in [9.17, 15) is 0 Å². The maximum atomic E-state index is 5.50. The van der Waals surface area contributed by atoms with Gasteiger partial charge in [-0.1, -0.05) is 56.3 Å². The second kappa shape index (κ2) is 9.53. The van der Waals surface area contributed by atoms with Gasteiger partial charge in [0.2, 0.25) is 0 Å². The van der Waals surface area contributed by atoms with E-state index in [1.807, 2.05) is 18.2 Å². The highest BCUT2D eigenvalue weighted by Gasteiger charge is 2.13. The van der Waals surface area contributed by atoms with Gasteiger partial charge in [-0.2, -0.15) is 0 Å². The third-order valence-corrected chi connectivity index (χ3v) is 6.26. The van der Waals surface area contributed by atoms with Crippen molar-refractivity contribution in [2.45, 2.75) is 26.3 Å². The minimum Gasteiger partial charge on any atom is -0.379 e. The molecule has 3 aromatic rings. The van der Waals surface area contributed by atoms with Crippen molar-refractivity contribution < 1.29 is 4.74 Å². The summed E-state index contributed by atoms with van der Waals surface area (Å²) >= 11 is 1.72. The van der Waals surface area contributed by atoms with Crippen molar-refractivity contribution in [3.8, 4) is 11.3 Å². The van der Waals surface area contributed by atoms with Crippen LogP contribution < -0.4 is 4.80 Å². The van der Waals surface area contributed by atoms with Crippen LogP contribution in [0.3, 0.4) is 0 Å². The van der Waals surface area contributed by atoms with Gasteiger partial charge in [0.1, 0.15) is 0 Å². The maximum Gasteiger partial charge on any atom is 0.190 e. The van der Waals surface area contributed by atoms with E-state index in [1.54, 1.807) is 11.3 Å². The molecule has 2 aromatic carbocycles. The lowest BCUT2D eigenvalue weighted by Gasteiger charge is -2.26. The highest BCUT2D eigenvalue weighted by molar-refractivity contribution is 7.07. The molecule has 0 radical (unpaired) electrons. The van der Waals surface area contributed by atoms with Gasteiger partial charge in [0.05, 0.1) is 24.6 Å². The van der Waals surface area contributed by atoms with Gasteiger partial charge in [0.25, 0.3) is 0 Å². The topological polar surface area (TPSA) is 29.8 Å². The number of benzene rings is 2. The van der Waals surface area contributed by atoms with Crippen LogP contribution in [0.25, 0.3) is 11.3 Å². The third kappa shape index (κ3) is 5.04. The standard InChI is InChI=1S/C24H29N3OS/c1-19(2)20-8-10-21(11-9-20)23-18-29-24(25-22-6-4-3-5-7-22)27(23)13-12-26-14-16-28-17-15-26/h3-11,18-19H,12-17H2,1-2H3. The largest absolute Gasteiger partial charge is 0.379 e. The smallest absolute Gasteiger partial charge is 0.190 e. The number of thiazole rings is 1. The van der Waals surface area contributed by atoms with E-state index in [4.69, 9.17) is 9.73 Å². The molecule has 0 aliphatic carbocycles. The molecule has 1 aromatic heterocycles. The molecule has 0 atom stereocenters. The average Bonchev–Trinajstić information content (AvgIpc) is 3.16. The summed E-state index contributed by atoms with van der Waals surface area (Å²) in [7, 11) is 0. The van der Waals surface area contributed by atoms with Gasteiger partial charge < -0.3 is 9.30 Å². The molecule has 29 heavy (non-hydrogen) atoms. The molecule has 0 N–H and O–H groups in total. The zero-order chi connectivity index (χ0) is 20.1. The predicted octanol–water partition coefficient (Wildman–Crippen LogP) is 4.90. The molecule has 1 aliphatic rings. The molecule has 0 spiro atoms. The molecule has 152 valence electrons. The first-order valence-electron chi connectivity index (χ1n) is 10.4. The first kappa shape index (κ1) is 20.1. The summed E-state index contributed by atoms with van der Waals surface area (Å²) in [6, 6.07) is 19.2. The first-order valence-corrected chi connectivity index (χ1v) is 11.3. The number of rotatable bonds is 6. The number of ether oxygens (including phenoxy) is 1. The summed E-state index contributed by atoms with van der Waals surface area (Å²) in [5.41, 5.74) is 4.87. The number of hydrogen-bond donors (Lipinski definition) is 0. The third-order valence-electron chi connectivity index (χ3n) is 5.40. The van der Waals surface area contributed by atoms with Crippen LogP contribution in [-0.2, 0) is 11.3 Å². The lowest BCUT2D eigenvalue weighted by atomic mass is 10.0. The second-order valence-corrected chi connectivity index (χ2v) is 8.57. The molecular formula is C24H29N3OS. The number of aromatic nitrogens is 1. The fourth-order valence-corrected chi connectivity index (χ4v) is 4.54. The maximum absolute atomic E-state index is 5.50. The quantitative estimate of drug-likeness (QED) is 0.581. The summed E-state index contributed by atoms with van der Waals surface area (Å²) < 4.78 is 7.87. The summed E-state index contributed by atoms with van der Waals surface area (Å²) in [6.07, 6.45) is 0. The van der Waals surface area contributed by atoms with E-state index in [2.05, 4.69) is 65.1 Å². The van der Waals surface area contributed by atoms with Crippen molar-refractivity contribution in [3.05, 3.63) is 70.3 Å². The summed E-state index contributed by atoms with van der Waals surface area (Å²) in [6.45, 7) is 10.1. The number of morpholine rings is 1. The van der Waals surface area contributed by atoms with Crippen LogP contribution >= 0.6 is 11.3 Å². The van der Waals surface area contributed by atoms with Crippen LogP contribution in [0.15, 0.2) is 65.0 Å². The van der Waals surface area contributed by atoms with Crippen molar-refractivity contribution in [1.29, 1.82) is 0 Å². The number of hydrogen-bond acceptors (Lipinski definition) is 4. The highest BCUT2D eigenvalue weighted by atomic mass is 32.1. The normalized spacial score (nSPS) is 15.9. The number of para-hydroxylation sites is 1. The van der Waals surface area contributed by atoms with E-state index in [1.165, 1.54) is 16.8 Å². The van der Waals surface area contributed by atoms with Crippen LogP contribution in [-0.4, -0.2) is 42.3 Å². The molecule has 0 bridgehead atoms. The molecule has 0 amide bonds. The molecule has 0 saturated carbocycles. The van der Waals surface area contributed by atoms with Gasteiger partial charge in [-0.15, -0.1) is 11.3 Å². The van der Waals surface area contributed by atoms with Crippen LogP contribution in [0, 0.1) is 0 Å². The minimum atomic E-state index is 0.545. The minimum absolute atomic E-state index is 0.545. The average molecular weight is 408 g/mol. The van der Waals surface area contributed by atoms with Crippen LogP contribution in [0.5, 0.6) is 0 Å². The summed E-state index contributed by atoms with van der Waals surface area (Å²) in [4.78, 5) is 8.46. The molecule has 1 fully saturated rings.